The second-order valence-electron chi connectivity index (χ2n) is 10.9. The molecule has 0 N–H and O–H groups in total. The van der Waals surface area contributed by atoms with Crippen LogP contribution >= 0.6 is 0 Å². The zero-order chi connectivity index (χ0) is 27.2. The molecule has 202 valence electrons. The molecule has 1 aromatic heterocycles. The van der Waals surface area contributed by atoms with Gasteiger partial charge in [0.1, 0.15) is 35.9 Å². The quantitative estimate of drug-likeness (QED) is 0.410. The Balaban J connectivity index is 1.93. The molecular formula is C27H35NO9. The van der Waals surface area contributed by atoms with Gasteiger partial charge in [-0.2, -0.15) is 0 Å². The number of carbonyl (C=O) groups excluding carboxylic acids is 4. The van der Waals surface area contributed by atoms with Crippen LogP contribution in [0.1, 0.15) is 71.2 Å². The van der Waals surface area contributed by atoms with E-state index in [1.807, 2.05) is 20.8 Å². The Kier molecular flexibility index (Phi) is 7.09. The van der Waals surface area contributed by atoms with Gasteiger partial charge in [-0.1, -0.05) is 6.92 Å². The second kappa shape index (κ2) is 9.70. The van der Waals surface area contributed by atoms with Gasteiger partial charge in [0.05, 0.1) is 11.2 Å². The highest BCUT2D eigenvalue weighted by molar-refractivity contribution is 5.89. The molecule has 7 unspecified atom stereocenters. The number of pyridine rings is 1. The lowest BCUT2D eigenvalue weighted by Gasteiger charge is -2.62. The Hall–Kier alpha value is -3.01. The van der Waals surface area contributed by atoms with E-state index in [1.54, 1.807) is 18.3 Å². The van der Waals surface area contributed by atoms with Crippen LogP contribution in [0.25, 0.3) is 0 Å². The molecule has 1 aliphatic heterocycles. The number of carbonyl (C=O) groups is 4. The monoisotopic (exact) mass is 517 g/mol. The fourth-order valence-electron chi connectivity index (χ4n) is 6.93. The number of ether oxygens (including phenoxy) is 5. The minimum absolute atomic E-state index is 0.219. The van der Waals surface area contributed by atoms with Crippen LogP contribution in [0.5, 0.6) is 0 Å². The van der Waals surface area contributed by atoms with Gasteiger partial charge in [-0.05, 0) is 51.2 Å². The molecule has 10 heteroatoms. The number of hydrogen-bond donors (Lipinski definition) is 0. The first-order valence-electron chi connectivity index (χ1n) is 12.6. The molecule has 1 saturated heterocycles. The van der Waals surface area contributed by atoms with Crippen molar-refractivity contribution in [1.82, 2.24) is 4.98 Å². The lowest BCUT2D eigenvalue weighted by Crippen LogP contribution is -2.76. The highest BCUT2D eigenvalue weighted by atomic mass is 16.6. The largest absolute Gasteiger partial charge is 0.465 e. The first-order chi connectivity index (χ1) is 17.3. The molecule has 37 heavy (non-hydrogen) atoms. The Labute approximate surface area is 216 Å². The maximum absolute atomic E-state index is 13.3. The zero-order valence-corrected chi connectivity index (χ0v) is 22.1. The van der Waals surface area contributed by atoms with Gasteiger partial charge in [-0.15, -0.1) is 0 Å². The number of hydrogen-bond acceptors (Lipinski definition) is 10. The maximum atomic E-state index is 13.3. The topological polar surface area (TPSA) is 127 Å². The summed E-state index contributed by atoms with van der Waals surface area (Å²) >= 11 is 0. The van der Waals surface area contributed by atoms with Gasteiger partial charge in [-0.3, -0.25) is 19.4 Å². The van der Waals surface area contributed by atoms with Gasteiger partial charge >= 0.3 is 23.9 Å². The van der Waals surface area contributed by atoms with Gasteiger partial charge in [0.2, 0.25) is 0 Å². The van der Waals surface area contributed by atoms with E-state index in [2.05, 4.69) is 4.98 Å². The normalized spacial score (nSPS) is 35.6. The fraction of sp³-hybridized carbons (Fsp3) is 0.667. The predicted octanol–water partition coefficient (Wildman–Crippen LogP) is 3.02. The van der Waals surface area contributed by atoms with E-state index in [9.17, 15) is 19.2 Å². The molecule has 0 amide bonds. The van der Waals surface area contributed by atoms with E-state index in [0.717, 1.165) is 0 Å². The number of rotatable bonds is 6. The van der Waals surface area contributed by atoms with E-state index in [-0.39, 0.29) is 30.4 Å². The van der Waals surface area contributed by atoms with E-state index < -0.39 is 58.8 Å². The fourth-order valence-corrected chi connectivity index (χ4v) is 6.93. The van der Waals surface area contributed by atoms with Crippen molar-refractivity contribution in [2.24, 2.45) is 17.3 Å². The molecule has 3 aliphatic rings. The Morgan fingerprint density at radius 2 is 1.70 bits per heavy atom. The highest BCUT2D eigenvalue weighted by Gasteiger charge is 2.81. The highest BCUT2D eigenvalue weighted by Crippen LogP contribution is 2.67. The van der Waals surface area contributed by atoms with Crippen LogP contribution in [-0.2, 0) is 38.1 Å². The molecule has 2 aliphatic carbocycles. The third-order valence-electron chi connectivity index (χ3n) is 8.31. The number of nitrogens with zero attached hydrogens (tertiary/aromatic N) is 1. The molecule has 2 heterocycles. The maximum Gasteiger partial charge on any atom is 0.340 e. The van der Waals surface area contributed by atoms with Crippen molar-refractivity contribution in [2.75, 3.05) is 6.61 Å². The standard InChI is InChI=1S/C27H35NO9/c1-15-9-10-21(34-17(3)30)26(14-33-16(2)29)22(36-24(32)19-8-7-11-28-13-19)12-20-23(35-18(4)31)27(15,26)37-25(20,5)6/h7-8,11,13,15,20-23H,9-10,12,14H2,1-6H3. The first-order valence-corrected chi connectivity index (χ1v) is 12.6. The van der Waals surface area contributed by atoms with Crippen LogP contribution in [0, 0.1) is 17.3 Å². The average molecular weight is 518 g/mol. The summed E-state index contributed by atoms with van der Waals surface area (Å²) in [5.41, 5.74) is -3.14. The third-order valence-corrected chi connectivity index (χ3v) is 8.31. The molecular weight excluding hydrogens is 482 g/mol. The van der Waals surface area contributed by atoms with Crippen molar-refractivity contribution in [3.05, 3.63) is 30.1 Å². The van der Waals surface area contributed by atoms with Crippen LogP contribution in [-0.4, -0.2) is 65.0 Å². The summed E-state index contributed by atoms with van der Waals surface area (Å²) in [6, 6.07) is 3.22. The van der Waals surface area contributed by atoms with Gasteiger partial charge in [0.25, 0.3) is 0 Å². The second-order valence-corrected chi connectivity index (χ2v) is 10.9. The number of fused-ring (bicyclic) bond motifs is 1. The molecule has 10 nitrogen and oxygen atoms in total. The van der Waals surface area contributed by atoms with Crippen molar-refractivity contribution in [3.8, 4) is 0 Å². The van der Waals surface area contributed by atoms with Crippen LogP contribution in [0.15, 0.2) is 24.5 Å². The van der Waals surface area contributed by atoms with E-state index in [0.29, 0.717) is 12.8 Å². The molecule has 7 atom stereocenters. The Bertz CT molecular complexity index is 1070. The lowest BCUT2D eigenvalue weighted by atomic mass is 9.48. The number of aromatic nitrogens is 1. The van der Waals surface area contributed by atoms with E-state index in [1.165, 1.54) is 27.0 Å². The van der Waals surface area contributed by atoms with Gasteiger partial charge in [-0.25, -0.2) is 4.79 Å². The van der Waals surface area contributed by atoms with Crippen LogP contribution in [0.4, 0.5) is 0 Å². The number of esters is 4. The summed E-state index contributed by atoms with van der Waals surface area (Å²) in [6.45, 7) is 9.46. The summed E-state index contributed by atoms with van der Waals surface area (Å²) in [7, 11) is 0. The minimum Gasteiger partial charge on any atom is -0.465 e. The van der Waals surface area contributed by atoms with Gasteiger partial charge in [0, 0.05) is 39.1 Å². The van der Waals surface area contributed by atoms with Crippen molar-refractivity contribution in [1.29, 1.82) is 0 Å². The molecule has 1 spiro atoms. The van der Waals surface area contributed by atoms with Crippen LogP contribution in [0.2, 0.25) is 0 Å². The van der Waals surface area contributed by atoms with Crippen molar-refractivity contribution < 1.29 is 42.9 Å². The average Bonchev–Trinajstić information content (AvgIpc) is 2.97. The van der Waals surface area contributed by atoms with E-state index in [4.69, 9.17) is 23.7 Å². The van der Waals surface area contributed by atoms with Crippen molar-refractivity contribution in [3.63, 3.8) is 0 Å². The summed E-state index contributed by atoms with van der Waals surface area (Å²) in [5, 5.41) is 0. The third kappa shape index (κ3) is 4.39. The minimum atomic E-state index is -1.34. The molecule has 0 radical (unpaired) electrons. The molecule has 0 aromatic carbocycles. The Morgan fingerprint density at radius 3 is 2.30 bits per heavy atom. The van der Waals surface area contributed by atoms with Gasteiger partial charge in [0.15, 0.2) is 0 Å². The van der Waals surface area contributed by atoms with Crippen LogP contribution in [0.3, 0.4) is 0 Å². The predicted molar refractivity (Wildman–Crippen MR) is 128 cm³/mol. The SMILES string of the molecule is CC(=O)OCC12C(OC(C)=O)CCC(C)C13OC(C)(C)C(CC2OC(=O)c1cccnc1)C3OC(C)=O. The summed E-state index contributed by atoms with van der Waals surface area (Å²) in [5.74, 6) is -2.73. The summed E-state index contributed by atoms with van der Waals surface area (Å²) < 4.78 is 30.6. The van der Waals surface area contributed by atoms with E-state index >= 15 is 0 Å². The van der Waals surface area contributed by atoms with Crippen molar-refractivity contribution >= 4 is 23.9 Å². The van der Waals surface area contributed by atoms with Crippen LogP contribution < -0.4 is 0 Å². The summed E-state index contributed by atoms with van der Waals surface area (Å²) in [4.78, 5) is 54.1. The molecule has 4 rings (SSSR count). The first kappa shape index (κ1) is 27.0. The van der Waals surface area contributed by atoms with Gasteiger partial charge < -0.3 is 23.7 Å². The molecule has 3 fully saturated rings. The zero-order valence-electron chi connectivity index (χ0n) is 22.1. The van der Waals surface area contributed by atoms with Crippen molar-refractivity contribution in [2.45, 2.75) is 90.3 Å². The summed E-state index contributed by atoms with van der Waals surface area (Å²) in [6.07, 6.45) is 1.75. The molecule has 1 aromatic rings. The Morgan fingerprint density at radius 1 is 1.00 bits per heavy atom. The lowest BCUT2D eigenvalue weighted by molar-refractivity contribution is -0.302. The smallest absolute Gasteiger partial charge is 0.340 e. The molecule has 2 bridgehead atoms. The molecule has 2 saturated carbocycles.